The first kappa shape index (κ1) is 21.4. The van der Waals surface area contributed by atoms with E-state index in [0.717, 1.165) is 49.2 Å². The lowest BCUT2D eigenvalue weighted by molar-refractivity contribution is -0.119. The van der Waals surface area contributed by atoms with Gasteiger partial charge in [-0.25, -0.2) is 15.0 Å². The zero-order chi connectivity index (χ0) is 22.9. The van der Waals surface area contributed by atoms with Gasteiger partial charge in [0.25, 0.3) is 0 Å². The quantitative estimate of drug-likeness (QED) is 0.555. The monoisotopic (exact) mass is 461 g/mol. The number of anilines is 1. The molecule has 0 radical (unpaired) electrons. The number of hydrogen-bond acceptors (Lipinski definition) is 8. The van der Waals surface area contributed by atoms with Crippen molar-refractivity contribution < 1.29 is 9.59 Å². The molecule has 1 aliphatic carbocycles. The van der Waals surface area contributed by atoms with Gasteiger partial charge in [0.15, 0.2) is 27.9 Å². The van der Waals surface area contributed by atoms with Crippen molar-refractivity contribution in [2.24, 2.45) is 5.92 Å². The summed E-state index contributed by atoms with van der Waals surface area (Å²) in [6, 6.07) is 5.87. The van der Waals surface area contributed by atoms with Crippen LogP contribution >= 0.6 is 11.8 Å². The standard InChI is InChI=1S/C23H23N7O2S/c24-11-16-9-17-15(1-2-18(17)32)10-19(16)33-23-28-20-21(25)26-12-27-22(20)30(23)8-5-14-3-6-29(13-31)7-4-14/h9-10,12-14H,1-8H2,(H2,25,26,27). The van der Waals surface area contributed by atoms with Gasteiger partial charge in [0, 0.05) is 36.5 Å². The van der Waals surface area contributed by atoms with Crippen molar-refractivity contribution in [2.45, 2.75) is 48.7 Å². The number of likely N-dealkylation sites (tertiary alicyclic amines) is 1. The van der Waals surface area contributed by atoms with E-state index in [1.165, 1.54) is 18.1 Å². The van der Waals surface area contributed by atoms with Crippen molar-refractivity contribution in [1.29, 1.82) is 5.26 Å². The second-order valence-electron chi connectivity index (χ2n) is 8.49. The molecule has 0 saturated carbocycles. The molecule has 0 spiro atoms. The number of piperidine rings is 1. The third kappa shape index (κ3) is 4.04. The lowest BCUT2D eigenvalue weighted by Crippen LogP contribution is -2.32. The number of imidazole rings is 1. The van der Waals surface area contributed by atoms with Gasteiger partial charge in [0.2, 0.25) is 6.41 Å². The predicted octanol–water partition coefficient (Wildman–Crippen LogP) is 2.82. The number of aromatic nitrogens is 4. The number of aryl methyl sites for hydroxylation is 2. The van der Waals surface area contributed by atoms with Crippen molar-refractivity contribution in [3.8, 4) is 6.07 Å². The highest BCUT2D eigenvalue weighted by molar-refractivity contribution is 7.99. The number of nitrogens with zero attached hydrogens (tertiary/aromatic N) is 6. The normalized spacial score (nSPS) is 16.2. The summed E-state index contributed by atoms with van der Waals surface area (Å²) in [6.07, 6.45) is 6.42. The molecule has 10 heteroatoms. The van der Waals surface area contributed by atoms with E-state index < -0.39 is 0 Å². The smallest absolute Gasteiger partial charge is 0.209 e. The maximum atomic E-state index is 12.1. The maximum absolute atomic E-state index is 12.1. The van der Waals surface area contributed by atoms with Gasteiger partial charge >= 0.3 is 0 Å². The van der Waals surface area contributed by atoms with Crippen LogP contribution in [0.25, 0.3) is 11.2 Å². The Morgan fingerprint density at radius 3 is 2.82 bits per heavy atom. The third-order valence-corrected chi connectivity index (χ3v) is 7.59. The number of ketones is 1. The average molecular weight is 462 g/mol. The Kier molecular flexibility index (Phi) is 5.72. The Hall–Kier alpha value is -3.45. The minimum Gasteiger partial charge on any atom is -0.382 e. The second-order valence-corrected chi connectivity index (χ2v) is 9.50. The number of carbonyl (C=O) groups is 2. The minimum atomic E-state index is 0.0916. The van der Waals surface area contributed by atoms with E-state index in [4.69, 9.17) is 10.7 Å². The molecule has 0 atom stereocenters. The second kappa shape index (κ2) is 8.83. The van der Waals surface area contributed by atoms with E-state index in [0.29, 0.717) is 58.6 Å². The highest BCUT2D eigenvalue weighted by atomic mass is 32.2. The van der Waals surface area contributed by atoms with Crippen molar-refractivity contribution in [3.63, 3.8) is 0 Å². The van der Waals surface area contributed by atoms with Crippen LogP contribution in [0.5, 0.6) is 0 Å². The molecule has 2 aromatic heterocycles. The van der Waals surface area contributed by atoms with Gasteiger partial charge < -0.3 is 15.2 Å². The zero-order valence-corrected chi connectivity index (χ0v) is 18.8. The number of benzene rings is 1. The number of nitriles is 1. The van der Waals surface area contributed by atoms with Gasteiger partial charge in [-0.1, -0.05) is 11.8 Å². The Morgan fingerprint density at radius 2 is 2.06 bits per heavy atom. The van der Waals surface area contributed by atoms with Crippen LogP contribution in [0, 0.1) is 17.2 Å². The zero-order valence-electron chi connectivity index (χ0n) is 18.0. The Labute approximate surface area is 195 Å². The van der Waals surface area contributed by atoms with E-state index in [1.54, 1.807) is 6.07 Å². The van der Waals surface area contributed by atoms with Crippen molar-refractivity contribution >= 4 is 40.9 Å². The summed E-state index contributed by atoms with van der Waals surface area (Å²) in [6.45, 7) is 2.27. The molecule has 3 aromatic rings. The summed E-state index contributed by atoms with van der Waals surface area (Å²) >= 11 is 1.40. The lowest BCUT2D eigenvalue weighted by atomic mass is 9.94. The molecule has 2 aliphatic rings. The SMILES string of the molecule is N#Cc1cc2c(cc1Sc1nc3c(N)ncnc3n1CCC1CCN(C=O)CC1)CCC2=O. The van der Waals surface area contributed by atoms with Crippen LogP contribution < -0.4 is 5.73 Å². The molecule has 168 valence electrons. The van der Waals surface area contributed by atoms with E-state index >= 15 is 0 Å². The largest absolute Gasteiger partial charge is 0.382 e. The molecule has 33 heavy (non-hydrogen) atoms. The molecule has 5 rings (SSSR count). The lowest BCUT2D eigenvalue weighted by Gasteiger charge is -2.29. The average Bonchev–Trinajstić information content (AvgIpc) is 3.38. The number of Topliss-reactive ketones (excluding diaryl/α,β-unsaturated/α-hetero) is 1. The van der Waals surface area contributed by atoms with Crippen LogP contribution in [0.1, 0.15) is 47.2 Å². The first-order chi connectivity index (χ1) is 16.1. The highest BCUT2D eigenvalue weighted by Crippen LogP contribution is 2.36. The van der Waals surface area contributed by atoms with Crippen LogP contribution in [0.2, 0.25) is 0 Å². The van der Waals surface area contributed by atoms with Gasteiger partial charge in [-0.15, -0.1) is 0 Å². The Bertz CT molecular complexity index is 1290. The first-order valence-corrected chi connectivity index (χ1v) is 11.8. The van der Waals surface area contributed by atoms with Gasteiger partial charge in [0.05, 0.1) is 5.56 Å². The number of nitrogen functional groups attached to an aromatic ring is 1. The molecular formula is C23H23N7O2S. The van der Waals surface area contributed by atoms with E-state index in [-0.39, 0.29) is 5.78 Å². The molecule has 1 aromatic carbocycles. The third-order valence-electron chi connectivity index (χ3n) is 6.53. The van der Waals surface area contributed by atoms with Crippen LogP contribution in [0.15, 0.2) is 28.5 Å². The molecule has 2 N–H and O–H groups in total. The molecule has 1 amide bonds. The number of amides is 1. The summed E-state index contributed by atoms with van der Waals surface area (Å²) in [5.41, 5.74) is 9.40. The number of nitrogens with two attached hydrogens (primary N) is 1. The molecule has 0 unspecified atom stereocenters. The summed E-state index contributed by atoms with van der Waals surface area (Å²) in [4.78, 5) is 38.9. The highest BCUT2D eigenvalue weighted by Gasteiger charge is 2.24. The van der Waals surface area contributed by atoms with Gasteiger partial charge in [-0.3, -0.25) is 9.59 Å². The fraction of sp³-hybridized carbons (Fsp3) is 0.391. The van der Waals surface area contributed by atoms with Crippen molar-refractivity contribution in [3.05, 3.63) is 35.2 Å². The summed E-state index contributed by atoms with van der Waals surface area (Å²) in [5, 5.41) is 10.4. The number of rotatable bonds is 6. The molecule has 1 aliphatic heterocycles. The summed E-state index contributed by atoms with van der Waals surface area (Å²) in [7, 11) is 0. The van der Waals surface area contributed by atoms with Crippen LogP contribution in [0.4, 0.5) is 5.82 Å². The minimum absolute atomic E-state index is 0.0916. The molecule has 0 bridgehead atoms. The number of hydrogen-bond donors (Lipinski definition) is 1. The van der Waals surface area contributed by atoms with E-state index in [1.807, 2.05) is 15.5 Å². The van der Waals surface area contributed by atoms with Gasteiger partial charge in [0.1, 0.15) is 12.4 Å². The Balaban J connectivity index is 1.46. The molecule has 1 saturated heterocycles. The molecule has 1 fully saturated rings. The van der Waals surface area contributed by atoms with Crippen molar-refractivity contribution in [1.82, 2.24) is 24.4 Å². The number of fused-ring (bicyclic) bond motifs is 2. The molecule has 3 heterocycles. The molecule has 9 nitrogen and oxygen atoms in total. The van der Waals surface area contributed by atoms with Crippen molar-refractivity contribution in [2.75, 3.05) is 18.8 Å². The Morgan fingerprint density at radius 1 is 1.24 bits per heavy atom. The van der Waals surface area contributed by atoms with E-state index in [2.05, 4.69) is 16.0 Å². The number of carbonyl (C=O) groups excluding carboxylic acids is 2. The topological polar surface area (TPSA) is 131 Å². The van der Waals surface area contributed by atoms with Crippen LogP contribution in [-0.2, 0) is 17.8 Å². The fourth-order valence-corrected chi connectivity index (χ4v) is 5.65. The first-order valence-electron chi connectivity index (χ1n) is 11.0. The summed E-state index contributed by atoms with van der Waals surface area (Å²) < 4.78 is 2.05. The maximum Gasteiger partial charge on any atom is 0.209 e. The van der Waals surface area contributed by atoms with Crippen LogP contribution in [-0.4, -0.2) is 49.7 Å². The fourth-order valence-electron chi connectivity index (χ4n) is 4.61. The van der Waals surface area contributed by atoms with E-state index in [9.17, 15) is 14.9 Å². The van der Waals surface area contributed by atoms with Crippen LogP contribution in [0.3, 0.4) is 0 Å². The summed E-state index contributed by atoms with van der Waals surface area (Å²) in [5.74, 6) is 0.922. The predicted molar refractivity (Wildman–Crippen MR) is 123 cm³/mol. The van der Waals surface area contributed by atoms with Gasteiger partial charge in [-0.2, -0.15) is 5.26 Å². The van der Waals surface area contributed by atoms with Gasteiger partial charge in [-0.05, 0) is 49.3 Å². The molecular weight excluding hydrogens is 438 g/mol.